The number of rotatable bonds is 5. The van der Waals surface area contributed by atoms with Crippen molar-refractivity contribution in [3.63, 3.8) is 0 Å². The van der Waals surface area contributed by atoms with Crippen LogP contribution in [0.25, 0.3) is 5.57 Å². The SMILES string of the molecule is C/C=C(\C(C)=C/CC(C)=C(C)C)c1cc(C=O)ccc1C. The Kier molecular flexibility index (Phi) is 6.36. The van der Waals surface area contributed by atoms with Gasteiger partial charge in [-0.3, -0.25) is 4.79 Å². The van der Waals surface area contributed by atoms with Crippen molar-refractivity contribution < 1.29 is 4.79 Å². The normalized spacial score (nSPS) is 12.3. The molecule has 0 fully saturated rings. The highest BCUT2D eigenvalue weighted by Crippen LogP contribution is 2.27. The van der Waals surface area contributed by atoms with Gasteiger partial charge in [-0.05, 0) is 76.3 Å². The maximum atomic E-state index is 11.0. The summed E-state index contributed by atoms with van der Waals surface area (Å²) in [6.07, 6.45) is 6.27. The first-order valence-corrected chi connectivity index (χ1v) is 7.43. The molecule has 1 rings (SSSR count). The molecule has 0 amide bonds. The molecular formula is C20H26O. The van der Waals surface area contributed by atoms with E-state index < -0.39 is 0 Å². The van der Waals surface area contributed by atoms with Crippen LogP contribution in [-0.2, 0) is 0 Å². The van der Waals surface area contributed by atoms with Crippen LogP contribution in [0, 0.1) is 6.92 Å². The molecule has 0 bridgehead atoms. The highest BCUT2D eigenvalue weighted by Gasteiger charge is 2.07. The lowest BCUT2D eigenvalue weighted by Crippen LogP contribution is -1.94. The van der Waals surface area contributed by atoms with E-state index in [1.165, 1.54) is 27.9 Å². The standard InChI is InChI=1S/C20H26O/c1-7-19(16(5)9-8-15(4)14(2)3)20-12-18(13-21)11-10-17(20)6/h7,9-13H,8H2,1-6H3/b16-9-,19-7+. The molecule has 0 saturated carbocycles. The van der Waals surface area contributed by atoms with Gasteiger partial charge in [0.1, 0.15) is 6.29 Å². The van der Waals surface area contributed by atoms with E-state index in [4.69, 9.17) is 0 Å². The van der Waals surface area contributed by atoms with Crippen molar-refractivity contribution in [1.29, 1.82) is 0 Å². The summed E-state index contributed by atoms with van der Waals surface area (Å²) in [4.78, 5) is 11.0. The Hall–Kier alpha value is -1.89. The smallest absolute Gasteiger partial charge is 0.150 e. The van der Waals surface area contributed by atoms with E-state index in [1.54, 1.807) is 0 Å². The number of aldehydes is 1. The number of carbonyl (C=O) groups excluding carboxylic acids is 1. The van der Waals surface area contributed by atoms with Crippen LogP contribution >= 0.6 is 0 Å². The van der Waals surface area contributed by atoms with Crippen LogP contribution in [0.4, 0.5) is 0 Å². The minimum Gasteiger partial charge on any atom is -0.298 e. The molecule has 1 aromatic carbocycles. The summed E-state index contributed by atoms with van der Waals surface area (Å²) in [5.74, 6) is 0. The van der Waals surface area contributed by atoms with Crippen molar-refractivity contribution >= 4 is 11.9 Å². The summed E-state index contributed by atoms with van der Waals surface area (Å²) < 4.78 is 0. The lowest BCUT2D eigenvalue weighted by atomic mass is 9.92. The van der Waals surface area contributed by atoms with Gasteiger partial charge in [-0.2, -0.15) is 0 Å². The van der Waals surface area contributed by atoms with Gasteiger partial charge in [0.2, 0.25) is 0 Å². The van der Waals surface area contributed by atoms with Gasteiger partial charge < -0.3 is 0 Å². The summed E-state index contributed by atoms with van der Waals surface area (Å²) in [5.41, 5.74) is 8.31. The second-order valence-electron chi connectivity index (χ2n) is 5.77. The Morgan fingerprint density at radius 2 is 1.81 bits per heavy atom. The molecule has 1 aromatic rings. The monoisotopic (exact) mass is 282 g/mol. The van der Waals surface area contributed by atoms with Crippen molar-refractivity contribution in [2.75, 3.05) is 0 Å². The fourth-order valence-electron chi connectivity index (χ4n) is 2.22. The predicted octanol–water partition coefficient (Wildman–Crippen LogP) is 5.90. The fraction of sp³-hybridized carbons (Fsp3) is 0.350. The summed E-state index contributed by atoms with van der Waals surface area (Å²) in [5, 5.41) is 0. The molecule has 0 N–H and O–H groups in total. The third-order valence-electron chi connectivity index (χ3n) is 3.97. The molecular weight excluding hydrogens is 256 g/mol. The molecule has 0 unspecified atom stereocenters. The van der Waals surface area contributed by atoms with E-state index in [1.807, 2.05) is 25.1 Å². The third kappa shape index (κ3) is 4.56. The van der Waals surface area contributed by atoms with Crippen LogP contribution in [0.5, 0.6) is 0 Å². The summed E-state index contributed by atoms with van der Waals surface area (Å²) in [7, 11) is 0. The van der Waals surface area contributed by atoms with Gasteiger partial charge in [-0.1, -0.05) is 35.4 Å². The molecule has 0 aromatic heterocycles. The Balaban J connectivity index is 3.17. The predicted molar refractivity (Wildman–Crippen MR) is 92.6 cm³/mol. The van der Waals surface area contributed by atoms with Gasteiger partial charge in [0.25, 0.3) is 0 Å². The topological polar surface area (TPSA) is 17.1 Å². The number of aryl methyl sites for hydroxylation is 1. The van der Waals surface area contributed by atoms with Crippen molar-refractivity contribution in [2.45, 2.75) is 48.0 Å². The number of benzene rings is 1. The molecule has 1 nitrogen and oxygen atoms in total. The minimum absolute atomic E-state index is 0.725. The second kappa shape index (κ2) is 7.78. The first kappa shape index (κ1) is 17.2. The molecule has 0 aliphatic carbocycles. The molecule has 1 heteroatoms. The van der Waals surface area contributed by atoms with Gasteiger partial charge >= 0.3 is 0 Å². The zero-order valence-corrected chi connectivity index (χ0v) is 14.1. The largest absolute Gasteiger partial charge is 0.298 e. The zero-order valence-electron chi connectivity index (χ0n) is 14.1. The molecule has 0 aliphatic rings. The van der Waals surface area contributed by atoms with E-state index in [-0.39, 0.29) is 0 Å². The van der Waals surface area contributed by atoms with Crippen molar-refractivity contribution in [3.8, 4) is 0 Å². The summed E-state index contributed by atoms with van der Waals surface area (Å²) >= 11 is 0. The number of hydrogen-bond donors (Lipinski definition) is 0. The van der Waals surface area contributed by atoms with Gasteiger partial charge in [-0.15, -0.1) is 0 Å². The van der Waals surface area contributed by atoms with Crippen LogP contribution in [0.3, 0.4) is 0 Å². The molecule has 112 valence electrons. The van der Waals surface area contributed by atoms with Crippen molar-refractivity contribution in [3.05, 3.63) is 63.8 Å². The maximum Gasteiger partial charge on any atom is 0.150 e. The third-order valence-corrected chi connectivity index (χ3v) is 3.97. The Morgan fingerprint density at radius 3 is 2.33 bits per heavy atom. The zero-order chi connectivity index (χ0) is 16.0. The van der Waals surface area contributed by atoms with Gasteiger partial charge in [0, 0.05) is 5.56 Å². The number of allylic oxidation sites excluding steroid dienone is 6. The highest BCUT2D eigenvalue weighted by molar-refractivity contribution is 5.84. The van der Waals surface area contributed by atoms with Crippen LogP contribution in [0.1, 0.15) is 62.5 Å². The van der Waals surface area contributed by atoms with Crippen LogP contribution < -0.4 is 0 Å². The van der Waals surface area contributed by atoms with Gasteiger partial charge in [0.15, 0.2) is 0 Å². The molecule has 21 heavy (non-hydrogen) atoms. The van der Waals surface area contributed by atoms with Gasteiger partial charge in [0.05, 0.1) is 0 Å². The molecule has 0 heterocycles. The van der Waals surface area contributed by atoms with Crippen LogP contribution in [-0.4, -0.2) is 6.29 Å². The summed E-state index contributed by atoms with van der Waals surface area (Å²) in [6, 6.07) is 5.85. The van der Waals surface area contributed by atoms with Crippen LogP contribution in [0.2, 0.25) is 0 Å². The van der Waals surface area contributed by atoms with E-state index >= 15 is 0 Å². The second-order valence-corrected chi connectivity index (χ2v) is 5.77. The van der Waals surface area contributed by atoms with Crippen molar-refractivity contribution in [1.82, 2.24) is 0 Å². The Bertz CT molecular complexity index is 609. The average Bonchev–Trinajstić information content (AvgIpc) is 2.47. The fourth-order valence-corrected chi connectivity index (χ4v) is 2.22. The van der Waals surface area contributed by atoms with E-state index in [0.29, 0.717) is 0 Å². The van der Waals surface area contributed by atoms with E-state index in [9.17, 15) is 4.79 Å². The number of hydrogen-bond acceptors (Lipinski definition) is 1. The Morgan fingerprint density at radius 1 is 1.14 bits per heavy atom. The first-order chi connectivity index (χ1) is 9.90. The molecule has 0 saturated heterocycles. The quantitative estimate of drug-likeness (QED) is 0.373. The maximum absolute atomic E-state index is 11.0. The highest BCUT2D eigenvalue weighted by atomic mass is 16.1. The Labute approximate surface area is 129 Å². The van der Waals surface area contributed by atoms with Crippen LogP contribution in [0.15, 0.2) is 47.1 Å². The first-order valence-electron chi connectivity index (χ1n) is 7.43. The molecule has 0 radical (unpaired) electrons. The molecule has 0 atom stereocenters. The lowest BCUT2D eigenvalue weighted by Gasteiger charge is -2.12. The lowest BCUT2D eigenvalue weighted by molar-refractivity contribution is 0.112. The summed E-state index contributed by atoms with van der Waals surface area (Å²) in [6.45, 7) is 12.7. The van der Waals surface area contributed by atoms with E-state index in [2.05, 4.69) is 46.8 Å². The number of carbonyl (C=O) groups is 1. The van der Waals surface area contributed by atoms with Gasteiger partial charge in [-0.25, -0.2) is 0 Å². The molecule has 0 spiro atoms. The minimum atomic E-state index is 0.725. The van der Waals surface area contributed by atoms with E-state index in [0.717, 1.165) is 23.8 Å². The van der Waals surface area contributed by atoms with Crippen molar-refractivity contribution in [2.24, 2.45) is 0 Å². The molecule has 0 aliphatic heterocycles. The average molecular weight is 282 g/mol.